The average Bonchev–Trinajstić information content (AvgIpc) is 3.30. The maximum Gasteiger partial charge on any atom is 0.284 e. The fourth-order valence-electron chi connectivity index (χ4n) is 3.70. The molecule has 0 bridgehead atoms. The first-order chi connectivity index (χ1) is 15.5. The van der Waals surface area contributed by atoms with Crippen molar-refractivity contribution in [3.63, 3.8) is 0 Å². The second-order valence-corrected chi connectivity index (χ2v) is 8.42. The van der Waals surface area contributed by atoms with E-state index in [0.717, 1.165) is 16.0 Å². The van der Waals surface area contributed by atoms with Crippen LogP contribution in [0, 0.1) is 6.92 Å². The maximum absolute atomic E-state index is 13.2. The van der Waals surface area contributed by atoms with E-state index in [1.165, 1.54) is 22.2 Å². The van der Waals surface area contributed by atoms with Crippen LogP contribution in [0.5, 0.6) is 5.88 Å². The number of benzene rings is 2. The number of aromatic hydroxyl groups is 1. The van der Waals surface area contributed by atoms with Gasteiger partial charge in [0.25, 0.3) is 11.5 Å². The number of aromatic amines is 1. The molecule has 1 amide bonds. The van der Waals surface area contributed by atoms with E-state index < -0.39 is 5.91 Å². The molecule has 2 aromatic carbocycles. The summed E-state index contributed by atoms with van der Waals surface area (Å²) in [7, 11) is 0. The number of aromatic nitrogens is 3. The molecule has 2 N–H and O–H groups in total. The summed E-state index contributed by atoms with van der Waals surface area (Å²) in [6.45, 7) is 1.64. The van der Waals surface area contributed by atoms with Gasteiger partial charge in [-0.15, -0.1) is 21.6 Å². The van der Waals surface area contributed by atoms with Crippen molar-refractivity contribution in [3.05, 3.63) is 76.2 Å². The van der Waals surface area contributed by atoms with Crippen molar-refractivity contribution in [1.82, 2.24) is 14.5 Å². The number of carbonyl (C=O) groups is 1. The minimum Gasteiger partial charge on any atom is -0.493 e. The van der Waals surface area contributed by atoms with Gasteiger partial charge in [0, 0.05) is 15.8 Å². The zero-order valence-electron chi connectivity index (χ0n) is 16.9. The number of H-pyrrole nitrogens is 1. The lowest BCUT2D eigenvalue weighted by atomic mass is 10.0. The molecule has 0 atom stereocenters. The lowest BCUT2D eigenvalue weighted by Gasteiger charge is -2.04. The van der Waals surface area contributed by atoms with Gasteiger partial charge in [0.2, 0.25) is 5.88 Å². The minimum atomic E-state index is -0.633. The van der Waals surface area contributed by atoms with Crippen LogP contribution in [0.3, 0.4) is 0 Å². The number of para-hydroxylation sites is 1. The number of amides is 1. The zero-order valence-corrected chi connectivity index (χ0v) is 17.8. The Morgan fingerprint density at radius 1 is 1.16 bits per heavy atom. The summed E-state index contributed by atoms with van der Waals surface area (Å²) in [4.78, 5) is 34.4. The molecule has 0 fully saturated rings. The third-order valence-corrected chi connectivity index (χ3v) is 6.16. The normalized spacial score (nSPS) is 11.7. The van der Waals surface area contributed by atoms with Crippen molar-refractivity contribution in [2.24, 2.45) is 10.2 Å². The molecular formula is C23H17N5O3S. The van der Waals surface area contributed by atoms with Crippen molar-refractivity contribution in [2.75, 3.05) is 0 Å². The van der Waals surface area contributed by atoms with Crippen molar-refractivity contribution in [2.45, 2.75) is 13.5 Å². The lowest BCUT2D eigenvalue weighted by Crippen LogP contribution is -2.23. The molecular weight excluding hydrogens is 426 g/mol. The van der Waals surface area contributed by atoms with Crippen molar-refractivity contribution in [3.8, 4) is 17.0 Å². The highest BCUT2D eigenvalue weighted by Gasteiger charge is 2.18. The molecule has 9 heteroatoms. The van der Waals surface area contributed by atoms with Crippen molar-refractivity contribution < 1.29 is 9.90 Å². The molecule has 0 saturated heterocycles. The first-order valence-corrected chi connectivity index (χ1v) is 10.6. The molecule has 0 unspecified atom stereocenters. The Morgan fingerprint density at radius 2 is 1.91 bits per heavy atom. The van der Waals surface area contributed by atoms with Gasteiger partial charge < -0.3 is 10.1 Å². The van der Waals surface area contributed by atoms with E-state index in [0.29, 0.717) is 21.1 Å². The van der Waals surface area contributed by atoms with Gasteiger partial charge in [0.05, 0.1) is 17.2 Å². The molecule has 0 spiro atoms. The van der Waals surface area contributed by atoms with E-state index in [1.807, 2.05) is 43.3 Å². The number of fused-ring (bicyclic) bond motifs is 2. The third-order valence-electron chi connectivity index (χ3n) is 5.14. The molecule has 0 aliphatic carbocycles. The fraction of sp³-hybridized carbons (Fsp3) is 0.0870. The number of carbonyl (C=O) groups excluding carboxylic acids is 1. The number of azo groups is 1. The van der Waals surface area contributed by atoms with E-state index in [9.17, 15) is 14.7 Å². The molecule has 0 radical (unpaired) electrons. The number of hydrogen-bond acceptors (Lipinski definition) is 6. The Bertz CT molecular complexity index is 1560. The summed E-state index contributed by atoms with van der Waals surface area (Å²) in [5.41, 5.74) is 2.30. The van der Waals surface area contributed by atoms with Crippen LogP contribution in [-0.4, -0.2) is 25.5 Å². The SMILES string of the molecule is Cc1sc2ncn(CC(=O)N=Nc3c(O)[nH]c4ccccc34)c(=O)c2c1-c1ccccc1. The number of nitrogens with zero attached hydrogens (tertiary/aromatic N) is 4. The number of rotatable bonds is 4. The first kappa shape index (κ1) is 19.8. The predicted octanol–water partition coefficient (Wildman–Crippen LogP) is 4.93. The highest BCUT2D eigenvalue weighted by atomic mass is 32.1. The first-order valence-electron chi connectivity index (χ1n) is 9.81. The monoisotopic (exact) mass is 443 g/mol. The zero-order chi connectivity index (χ0) is 22.2. The van der Waals surface area contributed by atoms with Gasteiger partial charge in [-0.05, 0) is 18.6 Å². The summed E-state index contributed by atoms with van der Waals surface area (Å²) >= 11 is 1.44. The van der Waals surface area contributed by atoms with Gasteiger partial charge in [-0.25, -0.2) is 4.98 Å². The number of aryl methyl sites for hydroxylation is 1. The highest BCUT2D eigenvalue weighted by Crippen LogP contribution is 2.36. The van der Waals surface area contributed by atoms with Gasteiger partial charge in [-0.3, -0.25) is 14.2 Å². The Balaban J connectivity index is 1.48. The van der Waals surface area contributed by atoms with Gasteiger partial charge in [0.1, 0.15) is 11.4 Å². The largest absolute Gasteiger partial charge is 0.493 e. The van der Waals surface area contributed by atoms with Crippen molar-refractivity contribution in [1.29, 1.82) is 0 Å². The van der Waals surface area contributed by atoms with Crippen LogP contribution < -0.4 is 5.56 Å². The van der Waals surface area contributed by atoms with Crippen LogP contribution >= 0.6 is 11.3 Å². The van der Waals surface area contributed by atoms with Gasteiger partial charge in [0.15, 0.2) is 5.69 Å². The molecule has 0 aliphatic rings. The number of hydrogen-bond donors (Lipinski definition) is 2. The molecule has 0 saturated carbocycles. The summed E-state index contributed by atoms with van der Waals surface area (Å²) in [6, 6.07) is 16.8. The van der Waals surface area contributed by atoms with E-state index in [1.54, 1.807) is 18.2 Å². The topological polar surface area (TPSA) is 113 Å². The van der Waals surface area contributed by atoms with Crippen LogP contribution in [0.1, 0.15) is 4.88 Å². The van der Waals surface area contributed by atoms with Gasteiger partial charge in [-0.2, -0.15) is 0 Å². The van der Waals surface area contributed by atoms with Gasteiger partial charge in [-0.1, -0.05) is 48.5 Å². The van der Waals surface area contributed by atoms with Crippen LogP contribution in [0.15, 0.2) is 75.9 Å². The molecule has 3 aromatic heterocycles. The van der Waals surface area contributed by atoms with E-state index in [-0.39, 0.29) is 23.7 Å². The van der Waals surface area contributed by atoms with Crippen LogP contribution in [0.4, 0.5) is 5.69 Å². The van der Waals surface area contributed by atoms with Gasteiger partial charge >= 0.3 is 0 Å². The van der Waals surface area contributed by atoms with E-state index in [2.05, 4.69) is 20.2 Å². The Morgan fingerprint density at radius 3 is 2.72 bits per heavy atom. The number of nitrogens with one attached hydrogen (secondary N) is 1. The summed E-state index contributed by atoms with van der Waals surface area (Å²) < 4.78 is 1.23. The Labute approximate surface area is 185 Å². The minimum absolute atomic E-state index is 0.176. The average molecular weight is 443 g/mol. The molecule has 8 nitrogen and oxygen atoms in total. The van der Waals surface area contributed by atoms with Crippen LogP contribution in [0.2, 0.25) is 0 Å². The van der Waals surface area contributed by atoms with E-state index in [4.69, 9.17) is 0 Å². The maximum atomic E-state index is 13.2. The molecule has 32 heavy (non-hydrogen) atoms. The fourth-order valence-corrected chi connectivity index (χ4v) is 4.70. The second-order valence-electron chi connectivity index (χ2n) is 7.22. The molecule has 158 valence electrons. The quantitative estimate of drug-likeness (QED) is 0.383. The smallest absolute Gasteiger partial charge is 0.284 e. The summed E-state index contributed by atoms with van der Waals surface area (Å²) in [5.74, 6) is -0.810. The molecule has 5 rings (SSSR count). The third kappa shape index (κ3) is 3.38. The Hall–Kier alpha value is -4.11. The molecule has 0 aliphatic heterocycles. The standard InChI is InChI=1S/C23H17N5O3S/c1-13-18(14-7-3-2-4-8-14)19-22(32-13)24-12-28(23(19)31)11-17(29)26-27-20-15-9-5-6-10-16(15)25-21(20)30/h2-10,12,25,30H,11H2,1H3. The summed E-state index contributed by atoms with van der Waals surface area (Å²) in [6.07, 6.45) is 1.35. The number of thiophene rings is 1. The second kappa shape index (κ2) is 7.86. The predicted molar refractivity (Wildman–Crippen MR) is 124 cm³/mol. The van der Waals surface area contributed by atoms with Crippen LogP contribution in [-0.2, 0) is 11.3 Å². The molecule has 5 aromatic rings. The molecule has 3 heterocycles. The summed E-state index contributed by atoms with van der Waals surface area (Å²) in [5, 5.41) is 18.8. The Kier molecular flexibility index (Phi) is 4.87. The van der Waals surface area contributed by atoms with E-state index >= 15 is 0 Å². The van der Waals surface area contributed by atoms with Crippen LogP contribution in [0.25, 0.3) is 32.2 Å². The lowest BCUT2D eigenvalue weighted by molar-refractivity contribution is -0.118. The highest BCUT2D eigenvalue weighted by molar-refractivity contribution is 7.19. The van der Waals surface area contributed by atoms with Crippen molar-refractivity contribution >= 4 is 44.1 Å².